The molecule has 3 aromatic carbocycles. The summed E-state index contributed by atoms with van der Waals surface area (Å²) in [7, 11) is 0. The summed E-state index contributed by atoms with van der Waals surface area (Å²) >= 11 is 0. The van der Waals surface area contributed by atoms with Gasteiger partial charge in [0.25, 0.3) is 0 Å². The number of unbranched alkanes of at least 4 members (excludes halogenated alkanes) is 2. The highest BCUT2D eigenvalue weighted by Gasteiger charge is 2.53. The number of esters is 4. The lowest BCUT2D eigenvalue weighted by atomic mass is 9.97. The van der Waals surface area contributed by atoms with E-state index >= 15 is 0 Å². The molecule has 3 aromatic rings. The van der Waals surface area contributed by atoms with Gasteiger partial charge in [-0.05, 0) is 42.8 Å². The quantitative estimate of drug-likeness (QED) is 0.147. The SMILES string of the molecule is CCCCCO[C@@H]1OC(COC(=O)c2ccccc2)[C@H](OC(=O)c2ccccc2)C(OC(=O)c2ccccc2)C1OC(C)=O. The fraction of sp³-hybridized carbons (Fsp3) is 0.353. The summed E-state index contributed by atoms with van der Waals surface area (Å²) in [5.74, 6) is -2.82. The van der Waals surface area contributed by atoms with Crippen LogP contribution in [0.15, 0.2) is 91.0 Å². The van der Waals surface area contributed by atoms with Crippen molar-refractivity contribution in [2.45, 2.75) is 63.8 Å². The van der Waals surface area contributed by atoms with E-state index in [9.17, 15) is 19.2 Å². The van der Waals surface area contributed by atoms with Crippen LogP contribution in [0.4, 0.5) is 0 Å². The smallest absolute Gasteiger partial charge is 0.338 e. The third kappa shape index (κ3) is 8.98. The minimum atomic E-state index is -1.38. The second-order valence-corrected chi connectivity index (χ2v) is 10.1. The third-order valence-corrected chi connectivity index (χ3v) is 6.82. The molecule has 0 radical (unpaired) electrons. The van der Waals surface area contributed by atoms with E-state index in [1.54, 1.807) is 91.0 Å². The summed E-state index contributed by atoms with van der Waals surface area (Å²) in [6.07, 6.45) is -3.93. The second kappa shape index (κ2) is 16.3. The molecule has 44 heavy (non-hydrogen) atoms. The van der Waals surface area contributed by atoms with Gasteiger partial charge < -0.3 is 28.4 Å². The van der Waals surface area contributed by atoms with Gasteiger partial charge in [-0.1, -0.05) is 74.4 Å². The Morgan fingerprint density at radius 1 is 0.636 bits per heavy atom. The van der Waals surface area contributed by atoms with Gasteiger partial charge in [-0.3, -0.25) is 4.79 Å². The van der Waals surface area contributed by atoms with E-state index in [1.165, 1.54) is 6.92 Å². The maximum absolute atomic E-state index is 13.3. The third-order valence-electron chi connectivity index (χ3n) is 6.82. The van der Waals surface area contributed by atoms with Gasteiger partial charge in [0.2, 0.25) is 0 Å². The lowest BCUT2D eigenvalue weighted by Gasteiger charge is -2.44. The van der Waals surface area contributed by atoms with Crippen LogP contribution in [0.25, 0.3) is 0 Å². The van der Waals surface area contributed by atoms with Crippen molar-refractivity contribution in [2.75, 3.05) is 13.2 Å². The number of hydrogen-bond acceptors (Lipinski definition) is 10. The van der Waals surface area contributed by atoms with Crippen LogP contribution in [-0.2, 0) is 33.2 Å². The molecule has 232 valence electrons. The first-order valence-electron chi connectivity index (χ1n) is 14.6. The van der Waals surface area contributed by atoms with Crippen molar-refractivity contribution in [3.8, 4) is 0 Å². The van der Waals surface area contributed by atoms with Crippen molar-refractivity contribution < 1.29 is 47.6 Å². The van der Waals surface area contributed by atoms with Crippen LogP contribution in [0, 0.1) is 0 Å². The van der Waals surface area contributed by atoms with Crippen LogP contribution in [0.5, 0.6) is 0 Å². The van der Waals surface area contributed by atoms with Crippen LogP contribution in [0.3, 0.4) is 0 Å². The number of ether oxygens (including phenoxy) is 6. The van der Waals surface area contributed by atoms with Gasteiger partial charge in [0.15, 0.2) is 24.6 Å². The zero-order valence-electron chi connectivity index (χ0n) is 24.7. The summed E-state index contributed by atoms with van der Waals surface area (Å²) in [6.45, 7) is 3.10. The zero-order chi connectivity index (χ0) is 31.3. The maximum atomic E-state index is 13.3. The standard InChI is InChI=1S/C34H36O10/c1-3-4-14-21-39-34-30(41-23(2)35)29(44-33(38)26-19-12-7-13-20-26)28(43-32(37)25-17-10-6-11-18-25)27(42-34)22-40-31(36)24-15-8-5-9-16-24/h5-13,15-20,27-30,34H,3-4,14,21-22H2,1-2H3/t27?,28-,29?,30?,34+/m0/s1. The van der Waals surface area contributed by atoms with Crippen LogP contribution >= 0.6 is 0 Å². The number of rotatable bonds is 13. The topological polar surface area (TPSA) is 124 Å². The van der Waals surface area contributed by atoms with E-state index < -0.39 is 54.6 Å². The van der Waals surface area contributed by atoms with Crippen LogP contribution < -0.4 is 0 Å². The molecule has 0 bridgehead atoms. The molecular formula is C34H36O10. The Morgan fingerprint density at radius 3 is 1.64 bits per heavy atom. The van der Waals surface area contributed by atoms with Gasteiger partial charge >= 0.3 is 23.9 Å². The average Bonchev–Trinajstić information content (AvgIpc) is 3.05. The predicted molar refractivity (Wildman–Crippen MR) is 158 cm³/mol. The average molecular weight is 605 g/mol. The van der Waals surface area contributed by atoms with Crippen molar-refractivity contribution in [1.29, 1.82) is 0 Å². The molecule has 4 rings (SSSR count). The van der Waals surface area contributed by atoms with Gasteiger partial charge in [-0.15, -0.1) is 0 Å². The van der Waals surface area contributed by atoms with Gasteiger partial charge in [0.05, 0.1) is 16.7 Å². The van der Waals surface area contributed by atoms with Gasteiger partial charge in [-0.2, -0.15) is 0 Å². The van der Waals surface area contributed by atoms with Gasteiger partial charge in [-0.25, -0.2) is 14.4 Å². The van der Waals surface area contributed by atoms with E-state index in [1.807, 2.05) is 6.92 Å². The molecule has 0 spiro atoms. The summed E-state index contributed by atoms with van der Waals surface area (Å²) in [6, 6.07) is 24.8. The Kier molecular flexibility index (Phi) is 12.0. The van der Waals surface area contributed by atoms with Crippen molar-refractivity contribution >= 4 is 23.9 Å². The van der Waals surface area contributed by atoms with E-state index in [0.717, 1.165) is 12.8 Å². The first-order valence-corrected chi connectivity index (χ1v) is 14.6. The van der Waals surface area contributed by atoms with E-state index in [2.05, 4.69) is 0 Å². The normalized spacial score (nSPS) is 21.1. The highest BCUT2D eigenvalue weighted by atomic mass is 16.7. The minimum absolute atomic E-state index is 0.223. The molecule has 5 atom stereocenters. The molecule has 1 aliphatic heterocycles. The van der Waals surface area contributed by atoms with Crippen molar-refractivity contribution in [3.63, 3.8) is 0 Å². The van der Waals surface area contributed by atoms with E-state index in [0.29, 0.717) is 12.0 Å². The minimum Gasteiger partial charge on any atom is -0.459 e. The molecule has 0 N–H and O–H groups in total. The Hall–Kier alpha value is -4.54. The molecule has 0 saturated carbocycles. The van der Waals surface area contributed by atoms with Gasteiger partial charge in [0, 0.05) is 13.5 Å². The largest absolute Gasteiger partial charge is 0.459 e. The van der Waals surface area contributed by atoms with Gasteiger partial charge in [0.1, 0.15) is 12.7 Å². The van der Waals surface area contributed by atoms with Crippen LogP contribution in [0.2, 0.25) is 0 Å². The number of benzene rings is 3. The summed E-state index contributed by atoms with van der Waals surface area (Å²) in [5, 5.41) is 0. The summed E-state index contributed by atoms with van der Waals surface area (Å²) in [4.78, 5) is 51.8. The highest BCUT2D eigenvalue weighted by molar-refractivity contribution is 5.91. The van der Waals surface area contributed by atoms with Crippen molar-refractivity contribution in [3.05, 3.63) is 108 Å². The molecule has 1 aliphatic rings. The van der Waals surface area contributed by atoms with E-state index in [-0.39, 0.29) is 24.3 Å². The lowest BCUT2D eigenvalue weighted by Crippen LogP contribution is -2.63. The Balaban J connectivity index is 1.69. The fourth-order valence-corrected chi connectivity index (χ4v) is 4.64. The molecule has 10 nitrogen and oxygen atoms in total. The molecule has 0 aliphatic carbocycles. The number of hydrogen-bond donors (Lipinski definition) is 0. The van der Waals surface area contributed by atoms with Crippen LogP contribution in [-0.4, -0.2) is 67.8 Å². The Bertz CT molecular complexity index is 1360. The fourth-order valence-electron chi connectivity index (χ4n) is 4.64. The lowest BCUT2D eigenvalue weighted by molar-refractivity contribution is -0.302. The highest BCUT2D eigenvalue weighted by Crippen LogP contribution is 2.31. The second-order valence-electron chi connectivity index (χ2n) is 10.1. The van der Waals surface area contributed by atoms with Crippen molar-refractivity contribution in [1.82, 2.24) is 0 Å². The van der Waals surface area contributed by atoms with Crippen LogP contribution in [0.1, 0.15) is 64.2 Å². The molecule has 1 fully saturated rings. The Morgan fingerprint density at radius 2 is 1.14 bits per heavy atom. The molecule has 1 heterocycles. The summed E-state index contributed by atoms with van der Waals surface area (Å²) in [5.41, 5.74) is 0.752. The number of carbonyl (C=O) groups excluding carboxylic acids is 4. The molecule has 10 heteroatoms. The first-order chi connectivity index (χ1) is 21.4. The molecule has 1 saturated heterocycles. The molecular weight excluding hydrogens is 568 g/mol. The molecule has 3 unspecified atom stereocenters. The molecule has 0 amide bonds. The summed E-state index contributed by atoms with van der Waals surface area (Å²) < 4.78 is 35.2. The predicted octanol–water partition coefficient (Wildman–Crippen LogP) is 5.16. The number of carbonyl (C=O) groups is 4. The van der Waals surface area contributed by atoms with E-state index in [4.69, 9.17) is 28.4 Å². The molecule has 0 aromatic heterocycles. The van der Waals surface area contributed by atoms with Crippen molar-refractivity contribution in [2.24, 2.45) is 0 Å². The maximum Gasteiger partial charge on any atom is 0.338 e. The zero-order valence-corrected chi connectivity index (χ0v) is 24.7. The monoisotopic (exact) mass is 604 g/mol. The first kappa shape index (κ1) is 32.4. The Labute approximate surface area is 256 Å².